The number of nitrogens with zero attached hydrogens (tertiary/aromatic N) is 8. The summed E-state index contributed by atoms with van der Waals surface area (Å²) in [7, 11) is -3.76. The molecule has 1 aromatic carbocycles. The van der Waals surface area contributed by atoms with Crippen LogP contribution >= 0.6 is 11.6 Å². The van der Waals surface area contributed by atoms with Crippen LogP contribution in [0.1, 0.15) is 30.6 Å². The Morgan fingerprint density at radius 1 is 1.19 bits per heavy atom. The minimum absolute atomic E-state index is 0.0356. The van der Waals surface area contributed by atoms with Crippen molar-refractivity contribution in [1.82, 2.24) is 39.7 Å². The minimum atomic E-state index is -3.76. The van der Waals surface area contributed by atoms with E-state index in [1.807, 2.05) is 6.92 Å². The molecule has 37 heavy (non-hydrogen) atoms. The fraction of sp³-hybridized carbons (Fsp3) is 0.400. The van der Waals surface area contributed by atoms with E-state index in [4.69, 9.17) is 21.5 Å². The zero-order valence-electron chi connectivity index (χ0n) is 19.4. The standard InChI is InChI=1S/C20H23ClN10O5S/c1-2-31-28-17(27-29-31)15-13(32)14(33)19(36-15)30-9-24-12-16(25-20(21)26-18(12)30)23-8-7-10-3-5-11(6-4-10)37(22,34)35/h3-6,9,13-15,19,32-33H,2,7-8H2,1H3,(H2,22,34,35)(H,23,25,26)/t13-,14-,15-,19+/m0/s1. The minimum Gasteiger partial charge on any atom is -0.387 e. The highest BCUT2D eigenvalue weighted by Crippen LogP contribution is 2.39. The Bertz CT molecular complexity index is 1530. The third kappa shape index (κ3) is 4.98. The maximum absolute atomic E-state index is 11.4. The first-order valence-corrected chi connectivity index (χ1v) is 13.1. The summed E-state index contributed by atoms with van der Waals surface area (Å²) in [6.45, 7) is 2.75. The summed E-state index contributed by atoms with van der Waals surface area (Å²) in [6.07, 6.45) is -2.75. The summed E-state index contributed by atoms with van der Waals surface area (Å²) in [5, 5.41) is 41.5. The van der Waals surface area contributed by atoms with Gasteiger partial charge in [0.15, 0.2) is 29.3 Å². The van der Waals surface area contributed by atoms with Crippen molar-refractivity contribution in [3.8, 4) is 0 Å². The SMILES string of the molecule is CCn1nnc([C@H]2O[C@@H](n3cnc4c(NCCc5ccc(S(N)(=O)=O)cc5)nc(Cl)nc43)[C@@H](O)[C@@H]2O)n1. The third-order valence-electron chi connectivity index (χ3n) is 5.87. The van der Waals surface area contributed by atoms with Gasteiger partial charge in [0.1, 0.15) is 12.2 Å². The van der Waals surface area contributed by atoms with Crippen LogP contribution in [-0.2, 0) is 27.7 Å². The summed E-state index contributed by atoms with van der Waals surface area (Å²) in [5.41, 5.74) is 1.53. The van der Waals surface area contributed by atoms with Gasteiger partial charge >= 0.3 is 0 Å². The van der Waals surface area contributed by atoms with Crippen LogP contribution in [0, 0.1) is 0 Å². The van der Waals surface area contributed by atoms with E-state index in [1.54, 1.807) is 12.1 Å². The second kappa shape index (κ2) is 9.88. The lowest BCUT2D eigenvalue weighted by atomic mass is 10.1. The van der Waals surface area contributed by atoms with E-state index < -0.39 is 34.6 Å². The van der Waals surface area contributed by atoms with Crippen molar-refractivity contribution in [2.24, 2.45) is 5.14 Å². The second-order valence-electron chi connectivity index (χ2n) is 8.30. The number of aromatic nitrogens is 8. The highest BCUT2D eigenvalue weighted by Gasteiger charge is 2.47. The van der Waals surface area contributed by atoms with Crippen LogP contribution < -0.4 is 10.5 Å². The highest BCUT2D eigenvalue weighted by molar-refractivity contribution is 7.89. The van der Waals surface area contributed by atoms with Crippen LogP contribution in [0.25, 0.3) is 11.2 Å². The fourth-order valence-corrected chi connectivity index (χ4v) is 4.66. The number of nitrogens with one attached hydrogen (secondary N) is 1. The van der Waals surface area contributed by atoms with Crippen LogP contribution in [0.15, 0.2) is 35.5 Å². The van der Waals surface area contributed by atoms with E-state index in [9.17, 15) is 18.6 Å². The van der Waals surface area contributed by atoms with E-state index in [-0.39, 0.29) is 21.7 Å². The summed E-state index contributed by atoms with van der Waals surface area (Å²) >= 11 is 6.17. The van der Waals surface area contributed by atoms with Crippen molar-refractivity contribution in [3.63, 3.8) is 0 Å². The zero-order valence-corrected chi connectivity index (χ0v) is 21.0. The average Bonchev–Trinajstić information content (AvgIpc) is 3.57. The number of nitrogens with two attached hydrogens (primary N) is 1. The van der Waals surface area contributed by atoms with Gasteiger partial charge in [-0.15, -0.1) is 10.2 Å². The number of sulfonamides is 1. The predicted octanol–water partition coefficient (Wildman–Crippen LogP) is -0.220. The number of aliphatic hydroxyl groups excluding tert-OH is 2. The quantitative estimate of drug-likeness (QED) is 0.210. The molecule has 0 unspecified atom stereocenters. The maximum Gasteiger partial charge on any atom is 0.238 e. The molecule has 5 rings (SSSR count). The fourth-order valence-electron chi connectivity index (χ4n) is 3.98. The number of anilines is 1. The number of hydrogen-bond donors (Lipinski definition) is 4. The first kappa shape index (κ1) is 25.4. The van der Waals surface area contributed by atoms with E-state index in [2.05, 4.69) is 35.7 Å². The Kier molecular flexibility index (Phi) is 6.78. The van der Waals surface area contributed by atoms with Gasteiger partial charge in [0.25, 0.3) is 0 Å². The summed E-state index contributed by atoms with van der Waals surface area (Å²) in [4.78, 5) is 14.2. The van der Waals surface area contributed by atoms with Gasteiger partial charge in [-0.3, -0.25) is 4.57 Å². The van der Waals surface area contributed by atoms with Crippen LogP contribution in [0.3, 0.4) is 0 Å². The highest BCUT2D eigenvalue weighted by atomic mass is 35.5. The lowest BCUT2D eigenvalue weighted by Gasteiger charge is -2.16. The molecule has 0 aliphatic carbocycles. The smallest absolute Gasteiger partial charge is 0.238 e. The monoisotopic (exact) mass is 550 g/mol. The third-order valence-corrected chi connectivity index (χ3v) is 6.97. The molecule has 4 heterocycles. The number of fused-ring (bicyclic) bond motifs is 1. The lowest BCUT2D eigenvalue weighted by Crippen LogP contribution is -2.29. The molecule has 3 aromatic heterocycles. The molecule has 196 valence electrons. The number of benzene rings is 1. The van der Waals surface area contributed by atoms with Crippen molar-refractivity contribution in [1.29, 1.82) is 0 Å². The van der Waals surface area contributed by atoms with E-state index in [1.165, 1.54) is 27.8 Å². The molecule has 0 radical (unpaired) electrons. The largest absolute Gasteiger partial charge is 0.387 e. The molecule has 1 saturated heterocycles. The molecule has 17 heteroatoms. The summed E-state index contributed by atoms with van der Waals surface area (Å²) in [5.74, 6) is 0.500. The van der Waals surface area contributed by atoms with Crippen LogP contribution in [0.2, 0.25) is 5.28 Å². The lowest BCUT2D eigenvalue weighted by molar-refractivity contribution is -0.0384. The van der Waals surface area contributed by atoms with Gasteiger partial charge in [0.05, 0.1) is 17.8 Å². The van der Waals surface area contributed by atoms with Crippen LogP contribution in [-0.4, -0.2) is 77.1 Å². The number of hydrogen-bond acceptors (Lipinski definition) is 12. The number of imidazole rings is 1. The maximum atomic E-state index is 11.4. The number of tetrazole rings is 1. The van der Waals surface area contributed by atoms with Gasteiger partial charge in [0.2, 0.25) is 21.1 Å². The van der Waals surface area contributed by atoms with Crippen molar-refractivity contribution in [3.05, 3.63) is 47.3 Å². The Labute approximate surface area is 215 Å². The number of aliphatic hydroxyl groups is 2. The summed E-state index contributed by atoms with van der Waals surface area (Å²) < 4.78 is 30.2. The van der Waals surface area contributed by atoms with Gasteiger partial charge in [-0.25, -0.2) is 18.5 Å². The van der Waals surface area contributed by atoms with Crippen molar-refractivity contribution in [2.45, 2.75) is 49.3 Å². The van der Waals surface area contributed by atoms with Crippen molar-refractivity contribution >= 4 is 38.6 Å². The van der Waals surface area contributed by atoms with Crippen molar-refractivity contribution in [2.75, 3.05) is 11.9 Å². The van der Waals surface area contributed by atoms with Gasteiger partial charge in [-0.2, -0.15) is 14.8 Å². The predicted molar refractivity (Wildman–Crippen MR) is 129 cm³/mol. The molecule has 0 saturated carbocycles. The molecule has 1 aliphatic heterocycles. The molecule has 15 nitrogen and oxygen atoms in total. The van der Waals surface area contributed by atoms with E-state index in [0.717, 1.165) is 5.56 Å². The Morgan fingerprint density at radius 2 is 1.95 bits per heavy atom. The number of halogens is 1. The number of aryl methyl sites for hydroxylation is 1. The van der Waals surface area contributed by atoms with Crippen LogP contribution in [0.4, 0.5) is 5.82 Å². The van der Waals surface area contributed by atoms with Gasteiger partial charge in [0, 0.05) is 6.54 Å². The van der Waals surface area contributed by atoms with Gasteiger partial charge in [-0.1, -0.05) is 12.1 Å². The number of rotatable bonds is 8. The Morgan fingerprint density at radius 3 is 2.62 bits per heavy atom. The second-order valence-corrected chi connectivity index (χ2v) is 10.2. The molecular weight excluding hydrogens is 528 g/mol. The molecule has 4 atom stereocenters. The van der Waals surface area contributed by atoms with Crippen molar-refractivity contribution < 1.29 is 23.4 Å². The normalized spacial score (nSPS) is 22.1. The molecular formula is C20H23ClN10O5S. The Balaban J connectivity index is 1.34. The molecule has 4 aromatic rings. The molecule has 0 bridgehead atoms. The number of ether oxygens (including phenoxy) is 1. The zero-order chi connectivity index (χ0) is 26.3. The number of primary sulfonamides is 1. The summed E-state index contributed by atoms with van der Waals surface area (Å²) in [6, 6.07) is 6.23. The molecule has 1 aliphatic rings. The van der Waals surface area contributed by atoms with E-state index >= 15 is 0 Å². The van der Waals surface area contributed by atoms with E-state index in [0.29, 0.717) is 30.8 Å². The average molecular weight is 551 g/mol. The molecule has 0 spiro atoms. The van der Waals surface area contributed by atoms with Crippen LogP contribution in [0.5, 0.6) is 0 Å². The molecule has 0 amide bonds. The Hall–Kier alpha value is -3.28. The molecule has 1 fully saturated rings. The topological polar surface area (TPSA) is 209 Å². The first-order valence-electron chi connectivity index (χ1n) is 11.2. The molecule has 5 N–H and O–H groups in total. The first-order chi connectivity index (χ1) is 17.7. The van der Waals surface area contributed by atoms with Gasteiger partial charge < -0.3 is 20.3 Å². The van der Waals surface area contributed by atoms with Gasteiger partial charge in [-0.05, 0) is 47.9 Å².